The number of anilines is 1. The van der Waals surface area contributed by atoms with Gasteiger partial charge in [0.2, 0.25) is 5.91 Å². The number of carbonyl (C=O) groups excluding carboxylic acids is 1. The molecule has 1 aromatic carbocycles. The number of carbonyl (C=O) groups is 1. The highest BCUT2D eigenvalue weighted by Gasteiger charge is 2.22. The Kier molecular flexibility index (Phi) is 5.36. The lowest BCUT2D eigenvalue weighted by atomic mass is 10.0. The zero-order valence-corrected chi connectivity index (χ0v) is 14.8. The number of imidazole rings is 1. The second kappa shape index (κ2) is 7.68. The molecule has 1 amide bonds. The van der Waals surface area contributed by atoms with Gasteiger partial charge in [-0.1, -0.05) is 6.07 Å². The summed E-state index contributed by atoms with van der Waals surface area (Å²) in [5.74, 6) is -0.106. The van der Waals surface area contributed by atoms with E-state index in [4.69, 9.17) is 0 Å². The van der Waals surface area contributed by atoms with Gasteiger partial charge in [0, 0.05) is 44.5 Å². The van der Waals surface area contributed by atoms with Gasteiger partial charge < -0.3 is 14.8 Å². The molecule has 0 atom stereocenters. The first-order valence-electron chi connectivity index (χ1n) is 8.78. The lowest BCUT2D eigenvalue weighted by Crippen LogP contribution is -2.45. The van der Waals surface area contributed by atoms with Crippen LogP contribution in [0.1, 0.15) is 30.5 Å². The maximum absolute atomic E-state index is 14.0. The number of nitrogens with zero attached hydrogens (tertiary/aromatic N) is 3. The van der Waals surface area contributed by atoms with Crippen molar-refractivity contribution in [3.63, 3.8) is 0 Å². The van der Waals surface area contributed by atoms with Gasteiger partial charge in [0.05, 0.1) is 12.0 Å². The van der Waals surface area contributed by atoms with Crippen LogP contribution >= 0.6 is 0 Å². The summed E-state index contributed by atoms with van der Waals surface area (Å²) in [4.78, 5) is 18.3. The Morgan fingerprint density at radius 2 is 2.12 bits per heavy atom. The van der Waals surface area contributed by atoms with Crippen LogP contribution in [0.25, 0.3) is 0 Å². The van der Waals surface area contributed by atoms with Crippen molar-refractivity contribution in [2.24, 2.45) is 7.05 Å². The summed E-state index contributed by atoms with van der Waals surface area (Å²) in [6.07, 6.45) is 6.37. The Morgan fingerprint density at radius 1 is 1.36 bits per heavy atom. The summed E-state index contributed by atoms with van der Waals surface area (Å²) in [7, 11) is 1.93. The Labute approximate surface area is 147 Å². The SMILES string of the molecule is Cc1ccc(F)c(N2CCC(NC(=O)CCc3cncn3C)CC2)c1. The monoisotopic (exact) mass is 344 g/mol. The van der Waals surface area contributed by atoms with Crippen molar-refractivity contribution in [2.45, 2.75) is 38.6 Å². The van der Waals surface area contributed by atoms with E-state index >= 15 is 0 Å². The van der Waals surface area contributed by atoms with Crippen molar-refractivity contribution in [3.8, 4) is 0 Å². The van der Waals surface area contributed by atoms with Crippen molar-refractivity contribution in [2.75, 3.05) is 18.0 Å². The van der Waals surface area contributed by atoms with Crippen LogP contribution in [0.2, 0.25) is 0 Å². The number of aromatic nitrogens is 2. The number of nitrogens with one attached hydrogen (secondary N) is 1. The average Bonchev–Trinajstić information content (AvgIpc) is 3.01. The maximum atomic E-state index is 14.0. The van der Waals surface area contributed by atoms with Gasteiger partial charge >= 0.3 is 0 Å². The number of amides is 1. The van der Waals surface area contributed by atoms with Crippen LogP contribution < -0.4 is 10.2 Å². The van der Waals surface area contributed by atoms with Gasteiger partial charge in [0.15, 0.2) is 0 Å². The van der Waals surface area contributed by atoms with Gasteiger partial charge in [0.25, 0.3) is 0 Å². The Morgan fingerprint density at radius 3 is 2.80 bits per heavy atom. The molecule has 0 spiro atoms. The molecular formula is C19H25FN4O. The second-order valence-electron chi connectivity index (χ2n) is 6.78. The summed E-state index contributed by atoms with van der Waals surface area (Å²) in [6.45, 7) is 3.48. The van der Waals surface area contributed by atoms with Crippen molar-refractivity contribution < 1.29 is 9.18 Å². The molecule has 0 saturated carbocycles. The lowest BCUT2D eigenvalue weighted by molar-refractivity contribution is -0.121. The predicted molar refractivity (Wildman–Crippen MR) is 96.0 cm³/mol. The van der Waals surface area contributed by atoms with Crippen LogP contribution in [0.5, 0.6) is 0 Å². The summed E-state index contributed by atoms with van der Waals surface area (Å²) in [5, 5.41) is 3.11. The summed E-state index contributed by atoms with van der Waals surface area (Å²) in [5.41, 5.74) is 2.78. The lowest BCUT2D eigenvalue weighted by Gasteiger charge is -2.34. The molecule has 0 unspecified atom stereocenters. The van der Waals surface area contributed by atoms with E-state index in [2.05, 4.69) is 15.2 Å². The Hall–Kier alpha value is -2.37. The second-order valence-corrected chi connectivity index (χ2v) is 6.78. The minimum atomic E-state index is -0.177. The first-order chi connectivity index (χ1) is 12.0. The third-order valence-corrected chi connectivity index (χ3v) is 4.83. The van der Waals surface area contributed by atoms with Crippen LogP contribution in [-0.2, 0) is 18.3 Å². The smallest absolute Gasteiger partial charge is 0.220 e. The number of hydrogen-bond donors (Lipinski definition) is 1. The molecule has 1 fully saturated rings. The van der Waals surface area contributed by atoms with E-state index in [-0.39, 0.29) is 17.8 Å². The van der Waals surface area contributed by atoms with E-state index in [0.717, 1.165) is 37.2 Å². The molecule has 3 rings (SSSR count). The summed E-state index contributed by atoms with van der Waals surface area (Å²) in [6, 6.07) is 5.37. The molecule has 0 radical (unpaired) electrons. The van der Waals surface area contributed by atoms with Gasteiger partial charge in [-0.3, -0.25) is 4.79 Å². The third kappa shape index (κ3) is 4.38. The fourth-order valence-electron chi connectivity index (χ4n) is 3.30. The molecule has 1 aliphatic heterocycles. The molecule has 2 aromatic rings. The fraction of sp³-hybridized carbons (Fsp3) is 0.474. The first kappa shape index (κ1) is 17.5. The van der Waals surface area contributed by atoms with Crippen LogP contribution in [0.3, 0.4) is 0 Å². The highest BCUT2D eigenvalue weighted by Crippen LogP contribution is 2.24. The molecule has 0 aliphatic carbocycles. The minimum absolute atomic E-state index is 0.0707. The highest BCUT2D eigenvalue weighted by atomic mass is 19.1. The number of halogens is 1. The van der Waals surface area contributed by atoms with Crippen molar-refractivity contribution in [3.05, 3.63) is 47.8 Å². The molecule has 0 bridgehead atoms. The van der Waals surface area contributed by atoms with E-state index in [1.54, 1.807) is 18.6 Å². The van der Waals surface area contributed by atoms with Crippen molar-refractivity contribution in [1.82, 2.24) is 14.9 Å². The van der Waals surface area contributed by atoms with Crippen LogP contribution in [0.15, 0.2) is 30.7 Å². The Bertz CT molecular complexity index is 735. The van der Waals surface area contributed by atoms with Gasteiger partial charge in [-0.05, 0) is 43.9 Å². The van der Waals surface area contributed by atoms with Gasteiger partial charge in [0.1, 0.15) is 5.82 Å². The standard InChI is InChI=1S/C19H25FN4O/c1-14-3-5-17(20)18(11-14)24-9-7-15(8-10-24)22-19(25)6-4-16-12-21-13-23(16)2/h3,5,11-13,15H,4,6-10H2,1-2H3,(H,22,25). The average molecular weight is 344 g/mol. The third-order valence-electron chi connectivity index (χ3n) is 4.83. The van der Waals surface area contributed by atoms with E-state index in [1.807, 2.05) is 24.6 Å². The van der Waals surface area contributed by atoms with Gasteiger partial charge in [-0.15, -0.1) is 0 Å². The van der Waals surface area contributed by atoms with Crippen molar-refractivity contribution in [1.29, 1.82) is 0 Å². The van der Waals surface area contributed by atoms with Crippen LogP contribution in [0.4, 0.5) is 10.1 Å². The van der Waals surface area contributed by atoms with Crippen LogP contribution in [0, 0.1) is 12.7 Å². The molecule has 25 heavy (non-hydrogen) atoms. The molecule has 6 heteroatoms. The fourth-order valence-corrected chi connectivity index (χ4v) is 3.30. The first-order valence-corrected chi connectivity index (χ1v) is 8.78. The Balaban J connectivity index is 1.46. The van der Waals surface area contributed by atoms with Gasteiger partial charge in [-0.25, -0.2) is 9.37 Å². The topological polar surface area (TPSA) is 50.2 Å². The quantitative estimate of drug-likeness (QED) is 0.907. The number of rotatable bonds is 5. The molecule has 2 heterocycles. The zero-order valence-electron chi connectivity index (χ0n) is 14.8. The highest BCUT2D eigenvalue weighted by molar-refractivity contribution is 5.76. The molecule has 134 valence electrons. The van der Waals surface area contributed by atoms with Crippen LogP contribution in [-0.4, -0.2) is 34.6 Å². The minimum Gasteiger partial charge on any atom is -0.369 e. The van der Waals surface area contributed by atoms with Crippen molar-refractivity contribution >= 4 is 11.6 Å². The van der Waals surface area contributed by atoms with E-state index in [9.17, 15) is 9.18 Å². The molecule has 1 aromatic heterocycles. The largest absolute Gasteiger partial charge is 0.369 e. The molecule has 1 saturated heterocycles. The van der Waals surface area contributed by atoms with E-state index < -0.39 is 0 Å². The molecule has 1 aliphatic rings. The number of hydrogen-bond acceptors (Lipinski definition) is 3. The van der Waals surface area contributed by atoms with Gasteiger partial charge in [-0.2, -0.15) is 0 Å². The van der Waals surface area contributed by atoms with E-state index in [1.165, 1.54) is 6.07 Å². The molecular weight excluding hydrogens is 319 g/mol. The summed E-state index contributed by atoms with van der Waals surface area (Å²) < 4.78 is 15.9. The maximum Gasteiger partial charge on any atom is 0.220 e. The number of benzene rings is 1. The zero-order chi connectivity index (χ0) is 17.8. The normalized spacial score (nSPS) is 15.4. The van der Waals surface area contributed by atoms with E-state index in [0.29, 0.717) is 18.5 Å². The summed E-state index contributed by atoms with van der Waals surface area (Å²) >= 11 is 0. The molecule has 5 nitrogen and oxygen atoms in total. The molecule has 1 N–H and O–H groups in total. The predicted octanol–water partition coefficient (Wildman–Crippen LogP) is 2.59. The number of piperidine rings is 1. The number of aryl methyl sites for hydroxylation is 3.